The molecule has 7 heteroatoms. The van der Waals surface area contributed by atoms with Crippen LogP contribution >= 0.6 is 0 Å². The Labute approximate surface area is 168 Å². The summed E-state index contributed by atoms with van der Waals surface area (Å²) in [5.74, 6) is -1.09. The standard InChI is InChI=1S/C22H23N3O4/c1-13-16-10-5-6-11-17(16)29-18(13)20(27)25-24-19(26)14-8-7-9-15(12-14)23-21(28)22(2,3)4/h5-12H,1-4H3,(H,23,28)(H,24,26)(H,25,27). The molecule has 0 aliphatic rings. The smallest absolute Gasteiger partial charge is 0.305 e. The van der Waals surface area contributed by atoms with Crippen LogP contribution in [0, 0.1) is 12.3 Å². The lowest BCUT2D eigenvalue weighted by molar-refractivity contribution is -0.123. The predicted molar refractivity (Wildman–Crippen MR) is 110 cm³/mol. The molecule has 3 rings (SSSR count). The van der Waals surface area contributed by atoms with Gasteiger partial charge in [-0.2, -0.15) is 0 Å². The maximum absolute atomic E-state index is 12.4. The Balaban J connectivity index is 1.67. The predicted octanol–water partition coefficient (Wildman–Crippen LogP) is 3.80. The van der Waals surface area contributed by atoms with Gasteiger partial charge in [0.1, 0.15) is 5.58 Å². The van der Waals surface area contributed by atoms with Gasteiger partial charge in [0.05, 0.1) is 0 Å². The first-order valence-electron chi connectivity index (χ1n) is 9.17. The van der Waals surface area contributed by atoms with E-state index in [0.29, 0.717) is 22.4 Å². The van der Waals surface area contributed by atoms with Crippen molar-refractivity contribution in [2.75, 3.05) is 5.32 Å². The highest BCUT2D eigenvalue weighted by Gasteiger charge is 2.22. The third-order valence-electron chi connectivity index (χ3n) is 4.40. The number of aryl methyl sites for hydroxylation is 1. The highest BCUT2D eigenvalue weighted by molar-refractivity contribution is 6.02. The Hall–Kier alpha value is -3.61. The zero-order valence-electron chi connectivity index (χ0n) is 16.8. The molecule has 0 radical (unpaired) electrons. The van der Waals surface area contributed by atoms with Crippen LogP contribution in [0.4, 0.5) is 5.69 Å². The summed E-state index contributed by atoms with van der Waals surface area (Å²) in [4.78, 5) is 36.9. The summed E-state index contributed by atoms with van der Waals surface area (Å²) in [7, 11) is 0. The number of benzene rings is 2. The molecule has 0 bridgehead atoms. The quantitative estimate of drug-likeness (QED) is 0.589. The number of furan rings is 1. The fourth-order valence-corrected chi connectivity index (χ4v) is 2.69. The molecule has 0 aliphatic heterocycles. The zero-order chi connectivity index (χ0) is 21.2. The zero-order valence-corrected chi connectivity index (χ0v) is 16.8. The first kappa shape index (κ1) is 20.1. The lowest BCUT2D eigenvalue weighted by Gasteiger charge is -2.18. The van der Waals surface area contributed by atoms with Gasteiger partial charge >= 0.3 is 5.91 Å². The van der Waals surface area contributed by atoms with Gasteiger partial charge in [-0.1, -0.05) is 45.0 Å². The number of nitrogens with one attached hydrogen (secondary N) is 3. The van der Waals surface area contributed by atoms with Gasteiger partial charge in [0.2, 0.25) is 5.91 Å². The Morgan fingerprint density at radius 3 is 2.28 bits per heavy atom. The molecule has 0 spiro atoms. The van der Waals surface area contributed by atoms with Crippen LogP contribution in [0.15, 0.2) is 52.9 Å². The van der Waals surface area contributed by atoms with E-state index in [2.05, 4.69) is 16.2 Å². The lowest BCUT2D eigenvalue weighted by Crippen LogP contribution is -2.41. The van der Waals surface area contributed by atoms with E-state index in [4.69, 9.17) is 4.42 Å². The summed E-state index contributed by atoms with van der Waals surface area (Å²) in [6.45, 7) is 7.18. The van der Waals surface area contributed by atoms with E-state index < -0.39 is 17.2 Å². The number of hydrogen-bond acceptors (Lipinski definition) is 4. The second-order valence-electron chi connectivity index (χ2n) is 7.75. The molecule has 150 valence electrons. The van der Waals surface area contributed by atoms with Crippen molar-refractivity contribution < 1.29 is 18.8 Å². The van der Waals surface area contributed by atoms with Crippen molar-refractivity contribution in [1.82, 2.24) is 10.9 Å². The molecule has 0 saturated heterocycles. The first-order chi connectivity index (χ1) is 13.7. The van der Waals surface area contributed by atoms with Crippen LogP contribution in [-0.4, -0.2) is 17.7 Å². The van der Waals surface area contributed by atoms with Crippen LogP contribution in [-0.2, 0) is 4.79 Å². The molecule has 0 aliphatic carbocycles. The second-order valence-corrected chi connectivity index (χ2v) is 7.75. The minimum absolute atomic E-state index is 0.137. The number of rotatable bonds is 3. The minimum Gasteiger partial charge on any atom is -0.451 e. The molecular weight excluding hydrogens is 370 g/mol. The van der Waals surface area contributed by atoms with Crippen molar-refractivity contribution in [2.24, 2.45) is 5.41 Å². The van der Waals surface area contributed by atoms with E-state index in [0.717, 1.165) is 5.39 Å². The van der Waals surface area contributed by atoms with Crippen molar-refractivity contribution in [2.45, 2.75) is 27.7 Å². The Morgan fingerprint density at radius 2 is 1.59 bits per heavy atom. The Kier molecular flexibility index (Phi) is 5.41. The molecule has 29 heavy (non-hydrogen) atoms. The number of fused-ring (bicyclic) bond motifs is 1. The SMILES string of the molecule is Cc1c(C(=O)NNC(=O)c2cccc(NC(=O)C(C)(C)C)c2)oc2ccccc12. The average Bonchev–Trinajstić information content (AvgIpc) is 3.02. The van der Waals surface area contributed by atoms with E-state index in [-0.39, 0.29) is 11.7 Å². The first-order valence-corrected chi connectivity index (χ1v) is 9.17. The topological polar surface area (TPSA) is 100 Å². The van der Waals surface area contributed by atoms with Crippen LogP contribution in [0.25, 0.3) is 11.0 Å². The molecule has 1 heterocycles. The summed E-state index contributed by atoms with van der Waals surface area (Å²) in [6, 6.07) is 13.8. The van der Waals surface area contributed by atoms with Gasteiger partial charge in [-0.15, -0.1) is 0 Å². The van der Waals surface area contributed by atoms with Gasteiger partial charge in [-0.05, 0) is 31.2 Å². The van der Waals surface area contributed by atoms with E-state index in [1.807, 2.05) is 18.2 Å². The van der Waals surface area contributed by atoms with Gasteiger partial charge in [0, 0.05) is 27.6 Å². The number of hydrazine groups is 1. The van der Waals surface area contributed by atoms with Crippen molar-refractivity contribution in [1.29, 1.82) is 0 Å². The molecule has 3 amide bonds. The molecule has 3 N–H and O–H groups in total. The van der Waals surface area contributed by atoms with Crippen molar-refractivity contribution >= 4 is 34.4 Å². The molecule has 0 fully saturated rings. The Morgan fingerprint density at radius 1 is 0.897 bits per heavy atom. The summed E-state index contributed by atoms with van der Waals surface area (Å²) < 4.78 is 5.58. The Bertz CT molecular complexity index is 1090. The van der Waals surface area contributed by atoms with Crippen molar-refractivity contribution in [3.63, 3.8) is 0 Å². The molecule has 0 unspecified atom stereocenters. The van der Waals surface area contributed by atoms with Crippen LogP contribution in [0.1, 0.15) is 47.2 Å². The van der Waals surface area contributed by atoms with Gasteiger partial charge in [0.15, 0.2) is 5.76 Å². The van der Waals surface area contributed by atoms with Crippen LogP contribution < -0.4 is 16.2 Å². The van der Waals surface area contributed by atoms with E-state index >= 15 is 0 Å². The molecule has 1 aromatic heterocycles. The fourth-order valence-electron chi connectivity index (χ4n) is 2.69. The fraction of sp³-hybridized carbons (Fsp3) is 0.227. The van der Waals surface area contributed by atoms with Crippen LogP contribution in [0.3, 0.4) is 0 Å². The second kappa shape index (κ2) is 7.79. The monoisotopic (exact) mass is 393 g/mol. The van der Waals surface area contributed by atoms with E-state index in [9.17, 15) is 14.4 Å². The van der Waals surface area contributed by atoms with Gasteiger partial charge in [0.25, 0.3) is 5.91 Å². The molecule has 0 saturated carbocycles. The number of carbonyl (C=O) groups excluding carboxylic acids is 3. The maximum Gasteiger partial charge on any atom is 0.305 e. The number of hydrogen-bond donors (Lipinski definition) is 3. The summed E-state index contributed by atoms with van der Waals surface area (Å²) in [5.41, 5.74) is 6.26. The number of anilines is 1. The average molecular weight is 393 g/mol. The molecule has 7 nitrogen and oxygen atoms in total. The number of carbonyl (C=O) groups is 3. The molecule has 3 aromatic rings. The van der Waals surface area contributed by atoms with Crippen molar-refractivity contribution in [3.8, 4) is 0 Å². The largest absolute Gasteiger partial charge is 0.451 e. The van der Waals surface area contributed by atoms with E-state index in [1.54, 1.807) is 52.0 Å². The van der Waals surface area contributed by atoms with Crippen molar-refractivity contribution in [3.05, 3.63) is 65.4 Å². The maximum atomic E-state index is 12.4. The lowest BCUT2D eigenvalue weighted by atomic mass is 9.95. The minimum atomic E-state index is -0.559. The van der Waals surface area contributed by atoms with E-state index in [1.165, 1.54) is 6.07 Å². The third-order valence-corrected chi connectivity index (χ3v) is 4.40. The molecule has 2 aromatic carbocycles. The number of amides is 3. The van der Waals surface area contributed by atoms with Crippen LogP contribution in [0.5, 0.6) is 0 Å². The van der Waals surface area contributed by atoms with Crippen LogP contribution in [0.2, 0.25) is 0 Å². The molecule has 0 atom stereocenters. The normalized spacial score (nSPS) is 11.2. The number of para-hydroxylation sites is 1. The summed E-state index contributed by atoms with van der Waals surface area (Å²) in [5, 5.41) is 3.61. The highest BCUT2D eigenvalue weighted by Crippen LogP contribution is 2.24. The molecular formula is C22H23N3O4. The summed E-state index contributed by atoms with van der Waals surface area (Å²) in [6.07, 6.45) is 0. The highest BCUT2D eigenvalue weighted by atomic mass is 16.3. The van der Waals surface area contributed by atoms with Gasteiger partial charge in [-0.25, -0.2) is 0 Å². The van der Waals surface area contributed by atoms with Gasteiger partial charge < -0.3 is 9.73 Å². The van der Waals surface area contributed by atoms with Gasteiger partial charge in [-0.3, -0.25) is 25.2 Å². The third kappa shape index (κ3) is 4.45. The summed E-state index contributed by atoms with van der Waals surface area (Å²) >= 11 is 0.